The van der Waals surface area contributed by atoms with E-state index in [1.54, 1.807) is 0 Å². The highest BCUT2D eigenvalue weighted by Crippen LogP contribution is 2.31. The van der Waals surface area contributed by atoms with E-state index in [0.717, 1.165) is 0 Å². The van der Waals surface area contributed by atoms with Gasteiger partial charge in [-0.25, -0.2) is 8.78 Å². The second kappa shape index (κ2) is 5.46. The Morgan fingerprint density at radius 1 is 1.11 bits per heavy atom. The van der Waals surface area contributed by atoms with Crippen LogP contribution in [0.15, 0.2) is 40.9 Å². The summed E-state index contributed by atoms with van der Waals surface area (Å²) in [5.74, 6) is -1.53. The molecule has 0 aliphatic rings. The predicted octanol–water partition coefficient (Wildman–Crippen LogP) is 4.01. The molecular weight excluding hydrogens is 306 g/mol. The van der Waals surface area contributed by atoms with Crippen LogP contribution in [0, 0.1) is 11.6 Å². The van der Waals surface area contributed by atoms with Crippen molar-refractivity contribution in [2.75, 3.05) is 0 Å². The van der Waals surface area contributed by atoms with Crippen molar-refractivity contribution in [2.24, 2.45) is 0 Å². The van der Waals surface area contributed by atoms with Crippen LogP contribution in [0.3, 0.4) is 0 Å². The normalized spacial score (nSPS) is 10.4. The zero-order valence-electron chi connectivity index (χ0n) is 9.16. The van der Waals surface area contributed by atoms with Crippen molar-refractivity contribution >= 4 is 15.9 Å². The number of benzene rings is 2. The van der Waals surface area contributed by atoms with E-state index in [2.05, 4.69) is 15.9 Å². The monoisotopic (exact) mass is 314 g/mol. The third kappa shape index (κ3) is 2.68. The van der Waals surface area contributed by atoms with E-state index in [-0.39, 0.29) is 23.7 Å². The minimum atomic E-state index is -0.652. The van der Waals surface area contributed by atoms with Gasteiger partial charge in [0.05, 0.1) is 6.61 Å². The Hall–Kier alpha value is -1.46. The molecule has 1 N–H and O–H groups in total. The summed E-state index contributed by atoms with van der Waals surface area (Å²) in [4.78, 5) is 0. The van der Waals surface area contributed by atoms with Gasteiger partial charge in [0.15, 0.2) is 23.1 Å². The molecule has 2 aromatic rings. The van der Waals surface area contributed by atoms with Crippen molar-refractivity contribution in [2.45, 2.75) is 6.61 Å². The summed E-state index contributed by atoms with van der Waals surface area (Å²) in [5.41, 5.74) is 0.259. The van der Waals surface area contributed by atoms with Gasteiger partial charge in [-0.05, 0) is 24.3 Å². The molecule has 0 aliphatic heterocycles. The van der Waals surface area contributed by atoms with Gasteiger partial charge in [0.2, 0.25) is 0 Å². The van der Waals surface area contributed by atoms with Crippen LogP contribution in [0.1, 0.15) is 5.56 Å². The molecule has 0 atom stereocenters. The van der Waals surface area contributed by atoms with Crippen LogP contribution in [0.4, 0.5) is 8.78 Å². The van der Waals surface area contributed by atoms with Crippen LogP contribution in [0.25, 0.3) is 0 Å². The summed E-state index contributed by atoms with van der Waals surface area (Å²) in [7, 11) is 0. The van der Waals surface area contributed by atoms with E-state index in [4.69, 9.17) is 9.84 Å². The number of rotatable bonds is 3. The van der Waals surface area contributed by atoms with E-state index in [1.807, 2.05) is 0 Å². The van der Waals surface area contributed by atoms with Gasteiger partial charge in [-0.2, -0.15) is 0 Å². The Morgan fingerprint density at radius 3 is 2.61 bits per heavy atom. The largest absolute Gasteiger partial charge is 0.451 e. The lowest BCUT2D eigenvalue weighted by Gasteiger charge is -2.11. The molecule has 0 amide bonds. The Bertz CT molecular complexity index is 573. The highest BCUT2D eigenvalue weighted by Gasteiger charge is 2.13. The standard InChI is InChI=1S/C13H9BrF2O2/c14-9-4-5-10(15)12(6-9)18-13-8(7-17)2-1-3-11(13)16/h1-6,17H,7H2. The van der Waals surface area contributed by atoms with Gasteiger partial charge in [-0.3, -0.25) is 0 Å². The van der Waals surface area contributed by atoms with Gasteiger partial charge < -0.3 is 9.84 Å². The number of ether oxygens (including phenoxy) is 1. The van der Waals surface area contributed by atoms with Crippen LogP contribution in [0.2, 0.25) is 0 Å². The number of aliphatic hydroxyl groups excluding tert-OH is 1. The number of aliphatic hydroxyl groups is 1. The Morgan fingerprint density at radius 2 is 1.89 bits per heavy atom. The van der Waals surface area contributed by atoms with Crippen molar-refractivity contribution < 1.29 is 18.6 Å². The first kappa shape index (κ1) is 13.0. The summed E-state index contributed by atoms with van der Waals surface area (Å²) in [5, 5.41) is 9.10. The van der Waals surface area contributed by atoms with Gasteiger partial charge >= 0.3 is 0 Å². The molecule has 94 valence electrons. The predicted molar refractivity (Wildman–Crippen MR) is 66.5 cm³/mol. The van der Waals surface area contributed by atoms with Gasteiger partial charge in [0.1, 0.15) is 0 Å². The van der Waals surface area contributed by atoms with E-state index in [1.165, 1.54) is 36.4 Å². The maximum Gasteiger partial charge on any atom is 0.168 e. The Labute approximate surface area is 111 Å². The van der Waals surface area contributed by atoms with Crippen molar-refractivity contribution in [3.8, 4) is 11.5 Å². The second-order valence-electron chi connectivity index (χ2n) is 3.56. The molecule has 0 fully saturated rings. The number of hydrogen-bond acceptors (Lipinski definition) is 2. The summed E-state index contributed by atoms with van der Waals surface area (Å²) in [6.07, 6.45) is 0. The number of para-hydroxylation sites is 1. The maximum absolute atomic E-state index is 13.6. The zero-order chi connectivity index (χ0) is 13.1. The summed E-state index contributed by atoms with van der Waals surface area (Å²) >= 11 is 3.17. The molecule has 2 nitrogen and oxygen atoms in total. The molecule has 0 saturated heterocycles. The highest BCUT2D eigenvalue weighted by molar-refractivity contribution is 9.10. The lowest BCUT2D eigenvalue weighted by Crippen LogP contribution is -1.96. The molecule has 2 rings (SSSR count). The van der Waals surface area contributed by atoms with E-state index < -0.39 is 11.6 Å². The average Bonchev–Trinajstić information content (AvgIpc) is 2.36. The fourth-order valence-electron chi connectivity index (χ4n) is 1.46. The molecule has 0 saturated carbocycles. The molecule has 0 unspecified atom stereocenters. The number of hydrogen-bond donors (Lipinski definition) is 1. The lowest BCUT2D eigenvalue weighted by molar-refractivity contribution is 0.273. The maximum atomic E-state index is 13.6. The fourth-order valence-corrected chi connectivity index (χ4v) is 1.80. The third-order valence-electron chi connectivity index (χ3n) is 2.32. The molecule has 0 spiro atoms. The van der Waals surface area contributed by atoms with E-state index in [9.17, 15) is 8.78 Å². The van der Waals surface area contributed by atoms with Crippen LogP contribution >= 0.6 is 15.9 Å². The van der Waals surface area contributed by atoms with Gasteiger partial charge in [0.25, 0.3) is 0 Å². The van der Waals surface area contributed by atoms with Crippen LogP contribution in [-0.2, 0) is 6.61 Å². The Kier molecular flexibility index (Phi) is 3.93. The van der Waals surface area contributed by atoms with Crippen molar-refractivity contribution in [3.63, 3.8) is 0 Å². The second-order valence-corrected chi connectivity index (χ2v) is 4.48. The first-order chi connectivity index (χ1) is 8.61. The molecule has 0 bridgehead atoms. The third-order valence-corrected chi connectivity index (χ3v) is 2.82. The highest BCUT2D eigenvalue weighted by atomic mass is 79.9. The fraction of sp³-hybridized carbons (Fsp3) is 0.0769. The smallest absolute Gasteiger partial charge is 0.168 e. The minimum absolute atomic E-state index is 0.107. The van der Waals surface area contributed by atoms with Crippen molar-refractivity contribution in [3.05, 3.63) is 58.1 Å². The molecular formula is C13H9BrF2O2. The molecule has 0 aliphatic carbocycles. The summed E-state index contributed by atoms with van der Waals surface area (Å²) in [6, 6.07) is 8.25. The summed E-state index contributed by atoms with van der Waals surface area (Å²) < 4.78 is 32.9. The van der Waals surface area contributed by atoms with Crippen LogP contribution in [-0.4, -0.2) is 5.11 Å². The van der Waals surface area contributed by atoms with Crippen LogP contribution in [0.5, 0.6) is 11.5 Å². The first-order valence-electron chi connectivity index (χ1n) is 5.13. The molecule has 2 aromatic carbocycles. The molecule has 18 heavy (non-hydrogen) atoms. The number of halogens is 3. The van der Waals surface area contributed by atoms with Gasteiger partial charge in [-0.1, -0.05) is 28.1 Å². The van der Waals surface area contributed by atoms with Gasteiger partial charge in [0, 0.05) is 10.0 Å². The van der Waals surface area contributed by atoms with Crippen LogP contribution < -0.4 is 4.74 Å². The molecule has 0 radical (unpaired) electrons. The molecule has 0 heterocycles. The van der Waals surface area contributed by atoms with E-state index in [0.29, 0.717) is 4.47 Å². The van der Waals surface area contributed by atoms with Crippen molar-refractivity contribution in [1.82, 2.24) is 0 Å². The SMILES string of the molecule is OCc1cccc(F)c1Oc1cc(Br)ccc1F. The first-order valence-corrected chi connectivity index (χ1v) is 5.92. The quantitative estimate of drug-likeness (QED) is 0.927. The van der Waals surface area contributed by atoms with E-state index >= 15 is 0 Å². The topological polar surface area (TPSA) is 29.5 Å². The average molecular weight is 315 g/mol. The molecule has 0 aromatic heterocycles. The summed E-state index contributed by atoms with van der Waals surface area (Å²) in [6.45, 7) is -0.386. The van der Waals surface area contributed by atoms with Gasteiger partial charge in [-0.15, -0.1) is 0 Å². The lowest BCUT2D eigenvalue weighted by atomic mass is 10.2. The molecule has 5 heteroatoms. The van der Waals surface area contributed by atoms with Crippen molar-refractivity contribution in [1.29, 1.82) is 0 Å². The minimum Gasteiger partial charge on any atom is -0.451 e. The Balaban J connectivity index is 2.42. The zero-order valence-corrected chi connectivity index (χ0v) is 10.7.